The molecular formula is C66H103N7O20S. The van der Waals surface area contributed by atoms with Gasteiger partial charge in [-0.3, -0.25) is 28.9 Å². The number of thiophene rings is 1. The van der Waals surface area contributed by atoms with Gasteiger partial charge >= 0.3 is 12.1 Å². The third-order valence-corrected chi connectivity index (χ3v) is 18.4. The van der Waals surface area contributed by atoms with Crippen molar-refractivity contribution in [2.45, 2.75) is 174 Å². The van der Waals surface area contributed by atoms with E-state index in [-0.39, 0.29) is 82.3 Å². The summed E-state index contributed by atoms with van der Waals surface area (Å²) in [6.45, 7) is 17.0. The van der Waals surface area contributed by atoms with E-state index in [0.29, 0.717) is 84.9 Å². The van der Waals surface area contributed by atoms with E-state index in [4.69, 9.17) is 48.5 Å². The van der Waals surface area contributed by atoms with Gasteiger partial charge in [-0.1, -0.05) is 91.3 Å². The molecule has 0 aliphatic carbocycles. The standard InChI is InChI=1S/C66H103N7O20S/c1-13-41(6)58(51(84-11)35-54(76)73-23-17-20-49(73)60(85-12)42(7)62(78)69-43(8)59(77)44-18-15-14-16-19-44)71(9)64(80)56(39(2)3)70-63(79)57(40(4)5)72(10)66(83)90-37-45-21-22-50(92-55-33-46(74)32-52(93-55)65(81)82)48-34-47(94-61(45)48)36-68-53(75)38-89-29-28-87-25-24-86-26-27-88-30-31-91-67/h14-16,18-19,21-22,34,39-43,46,49,51-52,55-60,74,77H,13,17,20,23-33,35-38,67H2,1-12H3,(H,68,75)(H,69,78)(H,70,79)(H,81,82)/t41-,42+,43+,46-,49-,51+,52-,55+,56-,57-,58-,59+,60+/m0/s1. The van der Waals surface area contributed by atoms with Crippen LogP contribution in [0.4, 0.5) is 4.79 Å². The molecule has 6 amide bonds. The van der Waals surface area contributed by atoms with E-state index in [2.05, 4.69) is 20.8 Å². The molecule has 0 spiro atoms. The zero-order valence-corrected chi connectivity index (χ0v) is 57.4. The number of nitrogens with two attached hydrogens (primary N) is 1. The van der Waals surface area contributed by atoms with Crippen LogP contribution in [-0.4, -0.2) is 227 Å². The smallest absolute Gasteiger partial charge is 0.410 e. The van der Waals surface area contributed by atoms with Gasteiger partial charge in [-0.25, -0.2) is 15.5 Å². The Morgan fingerprint density at radius 2 is 1.46 bits per heavy atom. The van der Waals surface area contributed by atoms with Gasteiger partial charge in [0, 0.05) is 68.2 Å². The number of methoxy groups -OCH3 is 2. The molecule has 2 aliphatic heterocycles. The first-order chi connectivity index (χ1) is 44.9. The Morgan fingerprint density at radius 1 is 0.809 bits per heavy atom. The molecule has 94 heavy (non-hydrogen) atoms. The monoisotopic (exact) mass is 1350 g/mol. The number of fused-ring (bicyclic) bond motifs is 1. The lowest BCUT2D eigenvalue weighted by Crippen LogP contribution is -2.60. The van der Waals surface area contributed by atoms with Gasteiger partial charge in [0.05, 0.1) is 114 Å². The molecule has 2 saturated heterocycles. The molecule has 2 fully saturated rings. The topological polar surface area (TPSA) is 344 Å². The van der Waals surface area contributed by atoms with Gasteiger partial charge in [0.15, 0.2) is 6.10 Å². The van der Waals surface area contributed by atoms with Gasteiger partial charge in [0.25, 0.3) is 0 Å². The summed E-state index contributed by atoms with van der Waals surface area (Å²) >= 11 is 1.28. The van der Waals surface area contributed by atoms with E-state index in [0.717, 1.165) is 0 Å². The Balaban J connectivity index is 1.24. The molecule has 0 unspecified atom stereocenters. The number of aliphatic carboxylic acids is 1. The predicted octanol–water partition coefficient (Wildman–Crippen LogP) is 4.70. The first-order valence-electron chi connectivity index (χ1n) is 32.4. The van der Waals surface area contributed by atoms with Crippen molar-refractivity contribution in [3.05, 3.63) is 64.5 Å². The second-order valence-corrected chi connectivity index (χ2v) is 25.8. The molecule has 2 aliphatic rings. The van der Waals surface area contributed by atoms with E-state index in [1.807, 2.05) is 32.0 Å². The molecule has 28 heteroatoms. The largest absolute Gasteiger partial charge is 0.479 e. The maximum Gasteiger partial charge on any atom is 0.410 e. The number of amides is 6. The van der Waals surface area contributed by atoms with Gasteiger partial charge in [0.2, 0.25) is 35.8 Å². The van der Waals surface area contributed by atoms with Gasteiger partial charge in [-0.2, -0.15) is 0 Å². The normalized spacial score (nSPS) is 19.5. The summed E-state index contributed by atoms with van der Waals surface area (Å²) in [7, 11) is 6.09. The molecule has 3 aromatic rings. The van der Waals surface area contributed by atoms with Crippen LogP contribution in [-0.2, 0) is 84.7 Å². The molecule has 0 bridgehead atoms. The summed E-state index contributed by atoms with van der Waals surface area (Å²) in [6, 6.07) is 10.2. The fourth-order valence-electron chi connectivity index (χ4n) is 11.8. The second kappa shape index (κ2) is 39.8. The van der Waals surface area contributed by atoms with Crippen molar-refractivity contribution in [1.82, 2.24) is 30.7 Å². The molecule has 1 aromatic heterocycles. The van der Waals surface area contributed by atoms with E-state index in [1.165, 1.54) is 37.5 Å². The number of nitrogens with one attached hydrogen (secondary N) is 3. The Morgan fingerprint density at radius 3 is 2.05 bits per heavy atom. The summed E-state index contributed by atoms with van der Waals surface area (Å²) in [6.07, 6.45) is -4.98. The van der Waals surface area contributed by atoms with Gasteiger partial charge in [-0.05, 0) is 55.2 Å². The maximum absolute atomic E-state index is 14.9. The number of benzene rings is 2. The molecule has 0 saturated carbocycles. The van der Waals surface area contributed by atoms with Gasteiger partial charge in [-0.15, -0.1) is 11.3 Å². The van der Waals surface area contributed by atoms with Gasteiger partial charge in [0.1, 0.15) is 31.0 Å². The fraction of sp³-hybridized carbons (Fsp3) is 0.682. The summed E-state index contributed by atoms with van der Waals surface area (Å²) < 4.78 is 52.2. The zero-order valence-electron chi connectivity index (χ0n) is 56.6. The number of rotatable bonds is 41. The highest BCUT2D eigenvalue weighted by molar-refractivity contribution is 7.19. The highest BCUT2D eigenvalue weighted by atomic mass is 32.1. The highest BCUT2D eigenvalue weighted by Crippen LogP contribution is 2.38. The molecular weight excluding hydrogens is 1240 g/mol. The number of carbonyl (C=O) groups is 7. The van der Waals surface area contributed by atoms with E-state index in [1.54, 1.807) is 88.7 Å². The first-order valence-corrected chi connectivity index (χ1v) is 33.2. The summed E-state index contributed by atoms with van der Waals surface area (Å²) in [5, 5.41) is 40.5. The molecule has 528 valence electrons. The second-order valence-electron chi connectivity index (χ2n) is 24.7. The van der Waals surface area contributed by atoms with Crippen LogP contribution < -0.4 is 26.6 Å². The lowest BCUT2D eigenvalue weighted by molar-refractivity contribution is -0.195. The van der Waals surface area contributed by atoms with Crippen molar-refractivity contribution in [3.63, 3.8) is 0 Å². The van der Waals surface area contributed by atoms with Gasteiger partial charge < -0.3 is 88.5 Å². The number of hydrogen-bond donors (Lipinski definition) is 7. The quantitative estimate of drug-likeness (QED) is 0.0299. The number of ether oxygens (including phenoxy) is 9. The number of carbonyl (C=O) groups excluding carboxylic acids is 6. The third kappa shape index (κ3) is 23.0. The van der Waals surface area contributed by atoms with Crippen LogP contribution in [0.25, 0.3) is 10.1 Å². The van der Waals surface area contributed by atoms with Crippen LogP contribution in [0.5, 0.6) is 5.75 Å². The van der Waals surface area contributed by atoms with Crippen molar-refractivity contribution in [3.8, 4) is 5.75 Å². The highest BCUT2D eigenvalue weighted by Gasteiger charge is 2.44. The van der Waals surface area contributed by atoms with Crippen molar-refractivity contribution in [1.29, 1.82) is 0 Å². The number of aliphatic hydroxyl groups is 2. The average Bonchev–Trinajstić information content (AvgIpc) is 1.43. The minimum absolute atomic E-state index is 0.000880. The zero-order chi connectivity index (χ0) is 69.2. The van der Waals surface area contributed by atoms with E-state index in [9.17, 15) is 48.9 Å². The van der Waals surface area contributed by atoms with Crippen molar-refractivity contribution in [2.24, 2.45) is 29.6 Å². The Kier molecular flexibility index (Phi) is 33.2. The van der Waals surface area contributed by atoms with Crippen LogP contribution in [0.2, 0.25) is 0 Å². The van der Waals surface area contributed by atoms with Crippen LogP contribution >= 0.6 is 11.3 Å². The predicted molar refractivity (Wildman–Crippen MR) is 348 cm³/mol. The summed E-state index contributed by atoms with van der Waals surface area (Å²) in [5.74, 6) is 0.224. The van der Waals surface area contributed by atoms with Crippen LogP contribution in [0.15, 0.2) is 48.5 Å². The molecule has 3 heterocycles. The summed E-state index contributed by atoms with van der Waals surface area (Å²) in [4.78, 5) is 106. The molecule has 13 atom stereocenters. The number of likely N-dealkylation sites (tertiary alicyclic amines) is 1. The van der Waals surface area contributed by atoms with Crippen LogP contribution in [0.3, 0.4) is 0 Å². The Bertz CT molecular complexity index is 2850. The lowest BCUT2D eigenvalue weighted by Gasteiger charge is -2.41. The van der Waals surface area contributed by atoms with Crippen LogP contribution in [0.1, 0.15) is 116 Å². The van der Waals surface area contributed by atoms with Crippen LogP contribution in [0, 0.1) is 23.7 Å². The average molecular weight is 1350 g/mol. The Labute approximate surface area is 556 Å². The number of aliphatic hydroxyl groups excluding tert-OH is 2. The SMILES string of the molecule is CC[C@H](C)[C@@H]([C@@H](CC(=O)N1CCC[C@H]1[C@H](OC)[C@@H](C)C(=O)N[C@H](C)[C@@H](O)c1ccccc1)OC)N(C)C(=O)[C@@H](NC(=O)[C@H](C(C)C)N(C)C(=O)OCc1ccc(O[C@H]2C[C@@H](O)C[C@@H](C(=O)O)O2)c2cc(CNC(=O)COCCOCCOCCOCCON)sc12)C(C)C. The minimum Gasteiger partial charge on any atom is -0.479 e. The third-order valence-electron chi connectivity index (χ3n) is 17.2. The van der Waals surface area contributed by atoms with E-state index >= 15 is 0 Å². The number of carboxylic acids is 1. The van der Waals surface area contributed by atoms with Crippen molar-refractivity contribution >= 4 is 63.0 Å². The lowest BCUT2D eigenvalue weighted by atomic mass is 9.89. The fourth-order valence-corrected chi connectivity index (χ4v) is 13.0. The molecule has 5 rings (SSSR count). The molecule has 2 aromatic carbocycles. The maximum atomic E-state index is 14.9. The minimum atomic E-state index is -1.30. The molecule has 8 N–H and O–H groups in total. The number of nitrogens with zero attached hydrogens (tertiary/aromatic N) is 3. The molecule has 0 radical (unpaired) electrons. The Hall–Kier alpha value is -6.15. The number of likely N-dealkylation sites (N-methyl/N-ethyl adjacent to an activating group) is 2. The first kappa shape index (κ1) is 78.5. The van der Waals surface area contributed by atoms with Crippen molar-refractivity contribution < 1.29 is 96.4 Å². The number of carboxylic acid groups (broad SMARTS) is 1. The van der Waals surface area contributed by atoms with E-state index < -0.39 is 115 Å². The summed E-state index contributed by atoms with van der Waals surface area (Å²) in [5.41, 5.74) is 1.20. The number of hydrogen-bond acceptors (Lipinski definition) is 21. The molecule has 27 nitrogen and oxygen atoms in total. The van der Waals surface area contributed by atoms with Crippen molar-refractivity contribution in [2.75, 3.05) is 94.3 Å².